The smallest absolute Gasteiger partial charge is 0.0417 e. The van der Waals surface area contributed by atoms with E-state index in [0.717, 1.165) is 12.8 Å². The summed E-state index contributed by atoms with van der Waals surface area (Å²) in [6.07, 6.45) is 3.45. The average molecular weight is 231 g/mol. The van der Waals surface area contributed by atoms with Crippen LogP contribution in [0.1, 0.15) is 55.4 Å². The third-order valence-electron chi connectivity index (χ3n) is 4.42. The summed E-state index contributed by atoms with van der Waals surface area (Å²) in [5.74, 6) is 0. The van der Waals surface area contributed by atoms with E-state index in [1.807, 2.05) is 0 Å². The zero-order chi connectivity index (χ0) is 12.8. The first-order valence-electron chi connectivity index (χ1n) is 6.61. The summed E-state index contributed by atoms with van der Waals surface area (Å²) in [6, 6.07) is 4.59. The van der Waals surface area contributed by atoms with Crippen LogP contribution in [0.3, 0.4) is 0 Å². The first-order chi connectivity index (χ1) is 7.73. The van der Waals surface area contributed by atoms with Gasteiger partial charge in [-0.25, -0.2) is 0 Å². The normalized spacial score (nSPS) is 27.4. The van der Waals surface area contributed by atoms with Crippen molar-refractivity contribution in [3.05, 3.63) is 34.4 Å². The van der Waals surface area contributed by atoms with E-state index >= 15 is 0 Å². The molecule has 1 atom stereocenters. The molecule has 1 aliphatic rings. The Bertz CT molecular complexity index is 445. The number of benzene rings is 1. The van der Waals surface area contributed by atoms with Gasteiger partial charge in [0, 0.05) is 5.54 Å². The Balaban J connectivity index is 2.44. The molecule has 0 amide bonds. The van der Waals surface area contributed by atoms with Crippen molar-refractivity contribution < 1.29 is 0 Å². The summed E-state index contributed by atoms with van der Waals surface area (Å²) in [6.45, 7) is 11.2. The van der Waals surface area contributed by atoms with Gasteiger partial charge in [-0.1, -0.05) is 26.0 Å². The molecule has 2 N–H and O–H groups in total. The van der Waals surface area contributed by atoms with Gasteiger partial charge < -0.3 is 5.73 Å². The zero-order valence-corrected chi connectivity index (χ0v) is 11.9. The molecule has 0 heterocycles. The predicted molar refractivity (Wildman–Crippen MR) is 74.2 cm³/mol. The summed E-state index contributed by atoms with van der Waals surface area (Å²) >= 11 is 0. The molecule has 2 rings (SSSR count). The van der Waals surface area contributed by atoms with Crippen molar-refractivity contribution in [1.82, 2.24) is 0 Å². The lowest BCUT2D eigenvalue weighted by Crippen LogP contribution is -2.35. The molecular formula is C16H25N. The van der Waals surface area contributed by atoms with E-state index in [0.29, 0.717) is 5.41 Å². The van der Waals surface area contributed by atoms with Crippen LogP contribution in [0.15, 0.2) is 12.1 Å². The molecule has 0 aromatic heterocycles. The summed E-state index contributed by atoms with van der Waals surface area (Å²) in [5, 5.41) is 0. The van der Waals surface area contributed by atoms with Gasteiger partial charge in [0.2, 0.25) is 0 Å². The van der Waals surface area contributed by atoms with E-state index < -0.39 is 0 Å². The first-order valence-corrected chi connectivity index (χ1v) is 6.61. The number of hydrogen-bond acceptors (Lipinski definition) is 1. The molecule has 0 radical (unpaired) electrons. The molecule has 0 saturated heterocycles. The molecule has 1 aromatic carbocycles. The molecule has 1 heteroatoms. The summed E-state index contributed by atoms with van der Waals surface area (Å²) in [4.78, 5) is 0. The van der Waals surface area contributed by atoms with Crippen LogP contribution in [0.2, 0.25) is 0 Å². The van der Waals surface area contributed by atoms with E-state index in [1.165, 1.54) is 28.7 Å². The Hall–Kier alpha value is -0.820. The van der Waals surface area contributed by atoms with Crippen LogP contribution in [0, 0.1) is 26.2 Å². The predicted octanol–water partition coefficient (Wildman–Crippen LogP) is 3.98. The molecule has 1 unspecified atom stereocenters. The number of nitrogens with two attached hydrogens (primary N) is 1. The van der Waals surface area contributed by atoms with E-state index in [2.05, 4.69) is 46.8 Å². The van der Waals surface area contributed by atoms with Crippen molar-refractivity contribution in [2.24, 2.45) is 11.1 Å². The average Bonchev–Trinajstić information content (AvgIpc) is 2.48. The van der Waals surface area contributed by atoms with Gasteiger partial charge in [0.15, 0.2) is 0 Å². The zero-order valence-electron chi connectivity index (χ0n) is 11.9. The highest BCUT2D eigenvalue weighted by Crippen LogP contribution is 2.48. The molecule has 1 aliphatic carbocycles. The third-order valence-corrected chi connectivity index (χ3v) is 4.42. The second-order valence-corrected chi connectivity index (χ2v) is 6.75. The van der Waals surface area contributed by atoms with Crippen molar-refractivity contribution in [3.63, 3.8) is 0 Å². The van der Waals surface area contributed by atoms with Crippen LogP contribution in [-0.4, -0.2) is 0 Å². The molecule has 1 aromatic rings. The Labute approximate surface area is 105 Å². The minimum Gasteiger partial charge on any atom is -0.321 e. The van der Waals surface area contributed by atoms with E-state index in [4.69, 9.17) is 5.73 Å². The SMILES string of the molecule is Cc1cc(C)c(C2(N)CCC(C)(C)C2)cc1C. The molecule has 17 heavy (non-hydrogen) atoms. The maximum Gasteiger partial charge on any atom is 0.0417 e. The molecule has 0 spiro atoms. The second kappa shape index (κ2) is 3.84. The van der Waals surface area contributed by atoms with E-state index in [1.54, 1.807) is 0 Å². The topological polar surface area (TPSA) is 26.0 Å². The van der Waals surface area contributed by atoms with Gasteiger partial charge >= 0.3 is 0 Å². The fourth-order valence-corrected chi connectivity index (χ4v) is 3.32. The lowest BCUT2D eigenvalue weighted by atomic mass is 9.81. The van der Waals surface area contributed by atoms with Crippen LogP contribution in [0.25, 0.3) is 0 Å². The molecule has 0 aliphatic heterocycles. The number of hydrogen-bond donors (Lipinski definition) is 1. The minimum atomic E-state index is -0.105. The third kappa shape index (κ3) is 2.26. The van der Waals surface area contributed by atoms with Gasteiger partial charge in [-0.2, -0.15) is 0 Å². The van der Waals surface area contributed by atoms with Gasteiger partial charge in [0.1, 0.15) is 0 Å². The van der Waals surface area contributed by atoms with Crippen LogP contribution in [0.5, 0.6) is 0 Å². The molecular weight excluding hydrogens is 206 g/mol. The molecule has 94 valence electrons. The first kappa shape index (κ1) is 12.6. The summed E-state index contributed by atoms with van der Waals surface area (Å²) in [7, 11) is 0. The highest BCUT2D eigenvalue weighted by molar-refractivity contribution is 5.41. The monoisotopic (exact) mass is 231 g/mol. The standard InChI is InChI=1S/C16H25N/c1-11-8-13(3)14(9-12(11)2)16(17)7-6-15(4,5)10-16/h8-9H,6-7,10,17H2,1-5H3. The number of rotatable bonds is 1. The van der Waals surface area contributed by atoms with Crippen molar-refractivity contribution in [2.75, 3.05) is 0 Å². The maximum atomic E-state index is 6.68. The van der Waals surface area contributed by atoms with Crippen molar-refractivity contribution in [2.45, 2.75) is 59.4 Å². The molecule has 0 bridgehead atoms. The van der Waals surface area contributed by atoms with Crippen LogP contribution >= 0.6 is 0 Å². The fourth-order valence-electron chi connectivity index (χ4n) is 3.32. The fraction of sp³-hybridized carbons (Fsp3) is 0.625. The van der Waals surface area contributed by atoms with Gasteiger partial charge in [-0.05, 0) is 67.7 Å². The Morgan fingerprint density at radius 3 is 2.06 bits per heavy atom. The number of aryl methyl sites for hydroxylation is 3. The van der Waals surface area contributed by atoms with Crippen molar-refractivity contribution >= 4 is 0 Å². The van der Waals surface area contributed by atoms with Gasteiger partial charge in [-0.3, -0.25) is 0 Å². The quantitative estimate of drug-likeness (QED) is 0.777. The Morgan fingerprint density at radius 1 is 0.941 bits per heavy atom. The Morgan fingerprint density at radius 2 is 1.53 bits per heavy atom. The summed E-state index contributed by atoms with van der Waals surface area (Å²) < 4.78 is 0. The lowest BCUT2D eigenvalue weighted by Gasteiger charge is -2.29. The van der Waals surface area contributed by atoms with E-state index in [9.17, 15) is 0 Å². The van der Waals surface area contributed by atoms with Crippen molar-refractivity contribution in [1.29, 1.82) is 0 Å². The largest absolute Gasteiger partial charge is 0.321 e. The van der Waals surface area contributed by atoms with Crippen molar-refractivity contribution in [3.8, 4) is 0 Å². The van der Waals surface area contributed by atoms with Gasteiger partial charge in [0.05, 0.1) is 0 Å². The highest BCUT2D eigenvalue weighted by Gasteiger charge is 2.42. The summed E-state index contributed by atoms with van der Waals surface area (Å²) in [5.41, 5.74) is 12.4. The van der Waals surface area contributed by atoms with Crippen LogP contribution < -0.4 is 5.73 Å². The molecule has 1 saturated carbocycles. The van der Waals surface area contributed by atoms with Crippen LogP contribution in [-0.2, 0) is 5.54 Å². The maximum absolute atomic E-state index is 6.68. The van der Waals surface area contributed by atoms with Gasteiger partial charge in [0.25, 0.3) is 0 Å². The molecule has 1 nitrogen and oxygen atoms in total. The highest BCUT2D eigenvalue weighted by atomic mass is 14.8. The van der Waals surface area contributed by atoms with Crippen LogP contribution in [0.4, 0.5) is 0 Å². The molecule has 1 fully saturated rings. The van der Waals surface area contributed by atoms with Gasteiger partial charge in [-0.15, -0.1) is 0 Å². The minimum absolute atomic E-state index is 0.105. The van der Waals surface area contributed by atoms with E-state index in [-0.39, 0.29) is 5.54 Å². The lowest BCUT2D eigenvalue weighted by molar-refractivity contribution is 0.339. The Kier molecular flexibility index (Phi) is 2.86. The second-order valence-electron chi connectivity index (χ2n) is 6.75.